The van der Waals surface area contributed by atoms with E-state index in [4.69, 9.17) is 9.84 Å². The number of aryl methyl sites for hydroxylation is 1. The van der Waals surface area contributed by atoms with Gasteiger partial charge in [-0.2, -0.15) is 0 Å². The van der Waals surface area contributed by atoms with Crippen molar-refractivity contribution in [2.45, 2.75) is 19.4 Å². The van der Waals surface area contributed by atoms with Crippen LogP contribution in [-0.2, 0) is 22.6 Å². The van der Waals surface area contributed by atoms with Crippen molar-refractivity contribution in [2.75, 3.05) is 7.11 Å². The van der Waals surface area contributed by atoms with E-state index >= 15 is 0 Å². The van der Waals surface area contributed by atoms with Crippen LogP contribution in [0.4, 0.5) is 0 Å². The molecule has 0 fully saturated rings. The Morgan fingerprint density at radius 2 is 2.32 bits per heavy atom. The lowest BCUT2D eigenvalue weighted by atomic mass is 10.2. The number of benzene rings is 1. The first-order valence-electron chi connectivity index (χ1n) is 5.90. The molecule has 6 heteroatoms. The van der Waals surface area contributed by atoms with Gasteiger partial charge in [-0.3, -0.25) is 4.79 Å². The fraction of sp³-hybridized carbons (Fsp3) is 0.308. The zero-order chi connectivity index (χ0) is 13.7. The first kappa shape index (κ1) is 13.2. The summed E-state index contributed by atoms with van der Waals surface area (Å²) in [6.07, 6.45) is 2.18. The summed E-state index contributed by atoms with van der Waals surface area (Å²) in [5.41, 5.74) is 2.59. The molecule has 6 nitrogen and oxygen atoms in total. The maximum Gasteiger partial charge on any atom is 0.303 e. The molecule has 0 saturated carbocycles. The summed E-state index contributed by atoms with van der Waals surface area (Å²) in [5, 5.41) is 16.6. The molecular formula is C13H15N3O3. The molecule has 0 atom stereocenters. The molecule has 2 rings (SSSR count). The smallest absolute Gasteiger partial charge is 0.303 e. The maximum atomic E-state index is 10.5. The van der Waals surface area contributed by atoms with E-state index < -0.39 is 5.97 Å². The lowest BCUT2D eigenvalue weighted by Crippen LogP contribution is -1.97. The minimum atomic E-state index is -0.836. The second-order valence-electron chi connectivity index (χ2n) is 4.15. The zero-order valence-corrected chi connectivity index (χ0v) is 10.6. The Bertz CT molecular complexity index is 566. The molecule has 1 aromatic heterocycles. The molecule has 1 N–H and O–H groups in total. The van der Waals surface area contributed by atoms with Gasteiger partial charge in [0.15, 0.2) is 0 Å². The van der Waals surface area contributed by atoms with Crippen molar-refractivity contribution in [2.24, 2.45) is 0 Å². The number of hydrogen-bond donors (Lipinski definition) is 1. The number of hydrogen-bond acceptors (Lipinski definition) is 4. The second kappa shape index (κ2) is 6.10. The van der Waals surface area contributed by atoms with E-state index in [1.54, 1.807) is 18.0 Å². The van der Waals surface area contributed by atoms with E-state index in [1.807, 2.05) is 24.3 Å². The van der Waals surface area contributed by atoms with Crippen molar-refractivity contribution in [1.82, 2.24) is 15.0 Å². The third-order valence-corrected chi connectivity index (χ3v) is 2.62. The average Bonchev–Trinajstić information content (AvgIpc) is 2.86. The van der Waals surface area contributed by atoms with Crippen LogP contribution in [0.3, 0.4) is 0 Å². The number of methoxy groups -OCH3 is 1. The summed E-state index contributed by atoms with van der Waals surface area (Å²) in [6, 6.07) is 7.76. The molecule has 0 amide bonds. The third-order valence-electron chi connectivity index (χ3n) is 2.62. The van der Waals surface area contributed by atoms with Crippen molar-refractivity contribution in [3.05, 3.63) is 41.7 Å². The molecule has 1 heterocycles. The highest BCUT2D eigenvalue weighted by atomic mass is 16.5. The number of ether oxygens (including phenoxy) is 1. The van der Waals surface area contributed by atoms with E-state index in [0.29, 0.717) is 18.7 Å². The molecule has 0 aliphatic rings. The first-order valence-corrected chi connectivity index (χ1v) is 5.90. The predicted octanol–water partition coefficient (Wildman–Crippen LogP) is 1.43. The standard InChI is InChI=1S/C13H15N3O3/c1-19-9-10-3-2-4-12(7-10)16-8-11(14-15-16)5-6-13(17)18/h2-4,7-8H,5-6,9H2,1H3,(H,17,18). The normalized spacial score (nSPS) is 10.6. The fourth-order valence-electron chi connectivity index (χ4n) is 1.73. The number of aliphatic carboxylic acids is 1. The van der Waals surface area contributed by atoms with E-state index in [2.05, 4.69) is 10.3 Å². The number of rotatable bonds is 6. The maximum absolute atomic E-state index is 10.5. The van der Waals surface area contributed by atoms with Crippen LogP contribution in [0.25, 0.3) is 5.69 Å². The summed E-state index contributed by atoms with van der Waals surface area (Å²) in [6.45, 7) is 0.536. The van der Waals surface area contributed by atoms with Crippen LogP contribution in [0.5, 0.6) is 0 Å². The number of aromatic nitrogens is 3. The predicted molar refractivity (Wildman–Crippen MR) is 68.0 cm³/mol. The van der Waals surface area contributed by atoms with Crippen LogP contribution in [0.2, 0.25) is 0 Å². The van der Waals surface area contributed by atoms with E-state index in [9.17, 15) is 4.79 Å². The van der Waals surface area contributed by atoms with E-state index in [1.165, 1.54) is 0 Å². The van der Waals surface area contributed by atoms with Crippen LogP contribution < -0.4 is 0 Å². The van der Waals surface area contributed by atoms with Crippen molar-refractivity contribution in [1.29, 1.82) is 0 Å². The monoisotopic (exact) mass is 261 g/mol. The van der Waals surface area contributed by atoms with Gasteiger partial charge >= 0.3 is 5.97 Å². The van der Waals surface area contributed by atoms with Gasteiger partial charge in [0.25, 0.3) is 0 Å². The summed E-state index contributed by atoms with van der Waals surface area (Å²) in [7, 11) is 1.64. The summed E-state index contributed by atoms with van der Waals surface area (Å²) >= 11 is 0. The van der Waals surface area contributed by atoms with Crippen LogP contribution in [0, 0.1) is 0 Å². The minimum Gasteiger partial charge on any atom is -0.481 e. The Kier molecular flexibility index (Phi) is 4.25. The molecule has 0 aliphatic carbocycles. The van der Waals surface area contributed by atoms with E-state index in [0.717, 1.165) is 11.3 Å². The van der Waals surface area contributed by atoms with Gasteiger partial charge < -0.3 is 9.84 Å². The van der Waals surface area contributed by atoms with Crippen molar-refractivity contribution in [3.63, 3.8) is 0 Å². The van der Waals surface area contributed by atoms with Crippen LogP contribution in [-0.4, -0.2) is 33.2 Å². The SMILES string of the molecule is COCc1cccc(-n2cc(CCC(=O)O)nn2)c1. The second-order valence-corrected chi connectivity index (χ2v) is 4.15. The number of nitrogens with zero attached hydrogens (tertiary/aromatic N) is 3. The average molecular weight is 261 g/mol. The highest BCUT2D eigenvalue weighted by Crippen LogP contribution is 2.11. The van der Waals surface area contributed by atoms with Crippen molar-refractivity contribution >= 4 is 5.97 Å². The zero-order valence-electron chi connectivity index (χ0n) is 10.6. The largest absolute Gasteiger partial charge is 0.481 e. The van der Waals surface area contributed by atoms with Crippen LogP contribution >= 0.6 is 0 Å². The third kappa shape index (κ3) is 3.62. The molecule has 0 bridgehead atoms. The molecular weight excluding hydrogens is 246 g/mol. The van der Waals surface area contributed by atoms with Gasteiger partial charge in [0.2, 0.25) is 0 Å². The van der Waals surface area contributed by atoms with Gasteiger partial charge in [0.05, 0.1) is 30.6 Å². The molecule has 2 aromatic rings. The topological polar surface area (TPSA) is 77.2 Å². The lowest BCUT2D eigenvalue weighted by Gasteiger charge is -2.03. The van der Waals surface area contributed by atoms with Crippen molar-refractivity contribution < 1.29 is 14.6 Å². The van der Waals surface area contributed by atoms with Gasteiger partial charge in [-0.25, -0.2) is 4.68 Å². The molecule has 1 aromatic carbocycles. The molecule has 0 unspecified atom stereocenters. The number of carbonyl (C=O) groups is 1. The molecule has 0 saturated heterocycles. The summed E-state index contributed by atoms with van der Waals surface area (Å²) in [4.78, 5) is 10.5. The van der Waals surface area contributed by atoms with E-state index in [-0.39, 0.29) is 6.42 Å². The van der Waals surface area contributed by atoms with Crippen LogP contribution in [0.15, 0.2) is 30.5 Å². The Morgan fingerprint density at radius 1 is 1.47 bits per heavy atom. The molecule has 19 heavy (non-hydrogen) atoms. The highest BCUT2D eigenvalue weighted by molar-refractivity contribution is 5.66. The Morgan fingerprint density at radius 3 is 3.05 bits per heavy atom. The highest BCUT2D eigenvalue weighted by Gasteiger charge is 2.05. The molecule has 0 spiro atoms. The minimum absolute atomic E-state index is 0.0579. The fourth-order valence-corrected chi connectivity index (χ4v) is 1.73. The van der Waals surface area contributed by atoms with Gasteiger partial charge in [-0.15, -0.1) is 5.10 Å². The van der Waals surface area contributed by atoms with Gasteiger partial charge in [0, 0.05) is 13.5 Å². The quantitative estimate of drug-likeness (QED) is 0.851. The summed E-state index contributed by atoms with van der Waals surface area (Å²) in [5.74, 6) is -0.836. The van der Waals surface area contributed by atoms with Gasteiger partial charge in [-0.05, 0) is 17.7 Å². The first-order chi connectivity index (χ1) is 9.19. The Balaban J connectivity index is 2.13. The number of carboxylic acid groups (broad SMARTS) is 1. The van der Waals surface area contributed by atoms with Gasteiger partial charge in [-0.1, -0.05) is 17.3 Å². The molecule has 0 aliphatic heterocycles. The van der Waals surface area contributed by atoms with Crippen LogP contribution in [0.1, 0.15) is 17.7 Å². The number of carboxylic acids is 1. The van der Waals surface area contributed by atoms with Crippen molar-refractivity contribution in [3.8, 4) is 5.69 Å². The van der Waals surface area contributed by atoms with Gasteiger partial charge in [0.1, 0.15) is 0 Å². The Hall–Kier alpha value is -2.21. The molecule has 0 radical (unpaired) electrons. The lowest BCUT2D eigenvalue weighted by molar-refractivity contribution is -0.136. The molecule has 100 valence electrons. The summed E-state index contributed by atoms with van der Waals surface area (Å²) < 4.78 is 6.71. The Labute approximate surface area is 110 Å².